The first-order chi connectivity index (χ1) is 8.54. The van der Waals surface area contributed by atoms with Crippen molar-refractivity contribution < 1.29 is 0 Å². The van der Waals surface area contributed by atoms with Gasteiger partial charge in [0, 0.05) is 33.6 Å². The highest BCUT2D eigenvalue weighted by Crippen LogP contribution is 2.22. The fourth-order valence-corrected chi connectivity index (χ4v) is 3.03. The van der Waals surface area contributed by atoms with E-state index in [2.05, 4.69) is 4.98 Å². The molecule has 1 atom stereocenters. The molecule has 2 aromatic rings. The van der Waals surface area contributed by atoms with Crippen LogP contribution in [0.4, 0.5) is 0 Å². The first-order valence-electron chi connectivity index (χ1n) is 5.65. The van der Waals surface area contributed by atoms with Crippen LogP contribution in [-0.2, 0) is 12.8 Å². The predicted molar refractivity (Wildman–Crippen MR) is 78.7 cm³/mol. The lowest BCUT2D eigenvalue weighted by Crippen LogP contribution is -2.25. The van der Waals surface area contributed by atoms with Crippen LogP contribution in [0.25, 0.3) is 0 Å². The largest absolute Gasteiger partial charge is 0.327 e. The van der Waals surface area contributed by atoms with Gasteiger partial charge in [-0.05, 0) is 37.1 Å². The Balaban J connectivity index is 2.02. The van der Waals surface area contributed by atoms with Crippen molar-refractivity contribution >= 4 is 34.5 Å². The summed E-state index contributed by atoms with van der Waals surface area (Å²) >= 11 is 13.7. The molecule has 1 aromatic carbocycles. The highest BCUT2D eigenvalue weighted by Gasteiger charge is 2.10. The summed E-state index contributed by atoms with van der Waals surface area (Å²) in [6.45, 7) is 1.99. The summed E-state index contributed by atoms with van der Waals surface area (Å²) in [4.78, 5) is 4.41. The molecule has 2 N–H and O–H groups in total. The van der Waals surface area contributed by atoms with Gasteiger partial charge in [0.15, 0.2) is 0 Å². The third kappa shape index (κ3) is 3.69. The lowest BCUT2D eigenvalue weighted by atomic mass is 10.0. The number of hydrogen-bond acceptors (Lipinski definition) is 3. The van der Waals surface area contributed by atoms with Crippen molar-refractivity contribution in [2.24, 2.45) is 5.73 Å². The van der Waals surface area contributed by atoms with Gasteiger partial charge in [-0.3, -0.25) is 0 Å². The lowest BCUT2D eigenvalue weighted by molar-refractivity contribution is 0.661. The van der Waals surface area contributed by atoms with E-state index in [0.717, 1.165) is 22.7 Å². The molecule has 0 saturated heterocycles. The molecule has 1 heterocycles. The lowest BCUT2D eigenvalue weighted by Gasteiger charge is -2.11. The van der Waals surface area contributed by atoms with Gasteiger partial charge in [-0.1, -0.05) is 23.2 Å². The maximum Gasteiger partial charge on any atom is 0.0943 e. The molecule has 0 amide bonds. The van der Waals surface area contributed by atoms with Crippen LogP contribution in [-0.4, -0.2) is 11.0 Å². The molecule has 18 heavy (non-hydrogen) atoms. The molecule has 0 aliphatic rings. The molecule has 1 aromatic heterocycles. The third-order valence-electron chi connectivity index (χ3n) is 2.59. The maximum atomic E-state index is 6.13. The number of nitrogens with two attached hydrogens (primary N) is 1. The minimum atomic E-state index is 0.00603. The average molecular weight is 301 g/mol. The van der Waals surface area contributed by atoms with E-state index in [1.165, 1.54) is 0 Å². The molecule has 0 aliphatic carbocycles. The molecule has 0 fully saturated rings. The highest BCUT2D eigenvalue weighted by atomic mass is 35.5. The Kier molecular flexibility index (Phi) is 4.62. The van der Waals surface area contributed by atoms with Crippen molar-refractivity contribution in [1.82, 2.24) is 4.98 Å². The molecule has 2 rings (SSSR count). The minimum absolute atomic E-state index is 0.00603. The SMILES string of the molecule is Cc1csc(CC(N)Cc2cc(Cl)ccc2Cl)n1. The van der Waals surface area contributed by atoms with Crippen LogP contribution in [0.1, 0.15) is 16.3 Å². The quantitative estimate of drug-likeness (QED) is 0.931. The first kappa shape index (κ1) is 13.8. The van der Waals surface area contributed by atoms with E-state index in [9.17, 15) is 0 Å². The molecule has 96 valence electrons. The van der Waals surface area contributed by atoms with Crippen molar-refractivity contribution in [3.63, 3.8) is 0 Å². The molecule has 0 bridgehead atoms. The average Bonchev–Trinajstić information content (AvgIpc) is 2.69. The Morgan fingerprint density at radius 2 is 2.11 bits per heavy atom. The van der Waals surface area contributed by atoms with Gasteiger partial charge >= 0.3 is 0 Å². The second-order valence-corrected chi connectivity index (χ2v) is 6.07. The molecule has 0 radical (unpaired) electrons. The van der Waals surface area contributed by atoms with Gasteiger partial charge in [0.2, 0.25) is 0 Å². The van der Waals surface area contributed by atoms with Gasteiger partial charge in [0.05, 0.1) is 5.01 Å². The van der Waals surface area contributed by atoms with E-state index in [4.69, 9.17) is 28.9 Å². The van der Waals surface area contributed by atoms with Crippen LogP contribution >= 0.6 is 34.5 Å². The number of halogens is 2. The predicted octanol–water partition coefficient (Wildman–Crippen LogP) is 3.87. The molecular formula is C13H14Cl2N2S. The van der Waals surface area contributed by atoms with Gasteiger partial charge in [-0.15, -0.1) is 11.3 Å². The number of benzene rings is 1. The van der Waals surface area contributed by atoms with Crippen molar-refractivity contribution in [1.29, 1.82) is 0 Å². The Morgan fingerprint density at radius 1 is 1.33 bits per heavy atom. The topological polar surface area (TPSA) is 38.9 Å². The van der Waals surface area contributed by atoms with Gasteiger partial charge in [0.1, 0.15) is 0 Å². The molecule has 0 saturated carbocycles. The number of thiazole rings is 1. The zero-order valence-corrected chi connectivity index (χ0v) is 12.3. The zero-order valence-electron chi connectivity index (χ0n) is 9.99. The van der Waals surface area contributed by atoms with Crippen LogP contribution in [0.2, 0.25) is 10.0 Å². The number of hydrogen-bond donors (Lipinski definition) is 1. The molecule has 1 unspecified atom stereocenters. The van der Waals surface area contributed by atoms with Crippen LogP contribution < -0.4 is 5.73 Å². The number of rotatable bonds is 4. The van der Waals surface area contributed by atoms with Crippen LogP contribution in [0.5, 0.6) is 0 Å². The summed E-state index contributed by atoms with van der Waals surface area (Å²) in [5.41, 5.74) is 8.17. The Labute approximate surface area is 121 Å². The normalized spacial score (nSPS) is 12.7. The smallest absolute Gasteiger partial charge is 0.0943 e. The number of nitrogens with zero attached hydrogens (tertiary/aromatic N) is 1. The fraction of sp³-hybridized carbons (Fsp3) is 0.308. The Bertz CT molecular complexity index is 540. The fourth-order valence-electron chi connectivity index (χ4n) is 1.78. The zero-order chi connectivity index (χ0) is 13.1. The standard InChI is InChI=1S/C13H14Cl2N2S/c1-8-7-18-13(17-8)6-11(16)5-9-4-10(14)2-3-12(9)15/h2-4,7,11H,5-6,16H2,1H3. The van der Waals surface area contributed by atoms with E-state index in [-0.39, 0.29) is 6.04 Å². The Hall–Kier alpha value is -0.610. The van der Waals surface area contributed by atoms with Crippen LogP contribution in [0.3, 0.4) is 0 Å². The molecule has 0 spiro atoms. The van der Waals surface area contributed by atoms with E-state index in [1.54, 1.807) is 23.5 Å². The highest BCUT2D eigenvalue weighted by molar-refractivity contribution is 7.09. The maximum absolute atomic E-state index is 6.13. The summed E-state index contributed by atoms with van der Waals surface area (Å²) in [5.74, 6) is 0. The second-order valence-electron chi connectivity index (χ2n) is 4.29. The van der Waals surface area contributed by atoms with Crippen molar-refractivity contribution in [3.05, 3.63) is 49.9 Å². The van der Waals surface area contributed by atoms with Gasteiger partial charge < -0.3 is 5.73 Å². The first-order valence-corrected chi connectivity index (χ1v) is 7.28. The summed E-state index contributed by atoms with van der Waals surface area (Å²) < 4.78 is 0. The van der Waals surface area contributed by atoms with Gasteiger partial charge in [-0.25, -0.2) is 4.98 Å². The van der Waals surface area contributed by atoms with E-state index in [0.29, 0.717) is 16.5 Å². The summed E-state index contributed by atoms with van der Waals surface area (Å²) in [5, 5.41) is 4.50. The van der Waals surface area contributed by atoms with Crippen LogP contribution in [0, 0.1) is 6.92 Å². The second kappa shape index (κ2) is 6.02. The molecule has 5 heteroatoms. The molecule has 0 aliphatic heterocycles. The minimum Gasteiger partial charge on any atom is -0.327 e. The van der Waals surface area contributed by atoms with Crippen molar-refractivity contribution in [2.75, 3.05) is 0 Å². The van der Waals surface area contributed by atoms with E-state index >= 15 is 0 Å². The van der Waals surface area contributed by atoms with Crippen LogP contribution in [0.15, 0.2) is 23.6 Å². The Morgan fingerprint density at radius 3 is 2.78 bits per heavy atom. The molecular weight excluding hydrogens is 287 g/mol. The van der Waals surface area contributed by atoms with E-state index in [1.807, 2.05) is 18.4 Å². The van der Waals surface area contributed by atoms with Gasteiger partial charge in [0.25, 0.3) is 0 Å². The summed E-state index contributed by atoms with van der Waals surface area (Å²) in [6.07, 6.45) is 1.47. The van der Waals surface area contributed by atoms with E-state index < -0.39 is 0 Å². The van der Waals surface area contributed by atoms with Crippen molar-refractivity contribution in [3.8, 4) is 0 Å². The number of aromatic nitrogens is 1. The number of aryl methyl sites for hydroxylation is 1. The molecule has 2 nitrogen and oxygen atoms in total. The summed E-state index contributed by atoms with van der Waals surface area (Å²) in [6, 6.07) is 5.46. The monoisotopic (exact) mass is 300 g/mol. The summed E-state index contributed by atoms with van der Waals surface area (Å²) in [7, 11) is 0. The third-order valence-corrected chi connectivity index (χ3v) is 4.19. The van der Waals surface area contributed by atoms with Crippen molar-refractivity contribution in [2.45, 2.75) is 25.8 Å². The van der Waals surface area contributed by atoms with Gasteiger partial charge in [-0.2, -0.15) is 0 Å².